The number of aryl methyl sites for hydroxylation is 1. The minimum absolute atomic E-state index is 0.0821. The quantitative estimate of drug-likeness (QED) is 0.609. The van der Waals surface area contributed by atoms with E-state index < -0.39 is 0 Å². The molecule has 0 amide bonds. The summed E-state index contributed by atoms with van der Waals surface area (Å²) >= 11 is 0. The number of rotatable bonds is 4. The standard InChI is InChI=1S/C12H17NO2/c1-7(2)5-11(15)12-8(3)10(6-14)9(4)13-12/h6-7,13H,5H2,1-4H3. The van der Waals surface area contributed by atoms with Gasteiger partial charge in [-0.05, 0) is 25.3 Å². The van der Waals surface area contributed by atoms with E-state index in [4.69, 9.17) is 0 Å². The highest BCUT2D eigenvalue weighted by Crippen LogP contribution is 2.18. The molecule has 0 spiro atoms. The molecular formula is C12H17NO2. The first-order chi connectivity index (χ1) is 6.97. The van der Waals surface area contributed by atoms with E-state index in [0.717, 1.165) is 17.5 Å². The molecule has 0 saturated carbocycles. The third kappa shape index (κ3) is 2.35. The Balaban J connectivity index is 3.05. The number of aromatic nitrogens is 1. The topological polar surface area (TPSA) is 49.9 Å². The lowest BCUT2D eigenvalue weighted by Crippen LogP contribution is -2.05. The number of carbonyl (C=O) groups excluding carboxylic acids is 2. The van der Waals surface area contributed by atoms with Crippen molar-refractivity contribution in [1.29, 1.82) is 0 Å². The van der Waals surface area contributed by atoms with Crippen molar-refractivity contribution < 1.29 is 9.59 Å². The third-order valence-corrected chi connectivity index (χ3v) is 2.49. The van der Waals surface area contributed by atoms with Crippen molar-refractivity contribution in [2.24, 2.45) is 5.92 Å². The molecule has 3 heteroatoms. The molecule has 0 atom stereocenters. The van der Waals surface area contributed by atoms with Crippen LogP contribution in [0.5, 0.6) is 0 Å². The van der Waals surface area contributed by atoms with Crippen LogP contribution in [0.15, 0.2) is 0 Å². The minimum Gasteiger partial charge on any atom is -0.355 e. The molecule has 1 aromatic rings. The van der Waals surface area contributed by atoms with Crippen LogP contribution < -0.4 is 0 Å². The Kier molecular flexibility index (Phi) is 3.45. The van der Waals surface area contributed by atoms with Gasteiger partial charge in [-0.2, -0.15) is 0 Å². The molecule has 0 unspecified atom stereocenters. The van der Waals surface area contributed by atoms with Crippen LogP contribution in [0.25, 0.3) is 0 Å². The van der Waals surface area contributed by atoms with E-state index in [9.17, 15) is 9.59 Å². The lowest BCUT2D eigenvalue weighted by Gasteiger charge is -2.02. The van der Waals surface area contributed by atoms with Crippen LogP contribution in [0, 0.1) is 19.8 Å². The van der Waals surface area contributed by atoms with Crippen molar-refractivity contribution in [2.45, 2.75) is 34.1 Å². The highest BCUT2D eigenvalue weighted by atomic mass is 16.1. The summed E-state index contributed by atoms with van der Waals surface area (Å²) in [5.74, 6) is 0.416. The van der Waals surface area contributed by atoms with Gasteiger partial charge in [-0.25, -0.2) is 0 Å². The van der Waals surface area contributed by atoms with Crippen molar-refractivity contribution in [3.8, 4) is 0 Å². The Bertz CT molecular complexity index is 389. The second-order valence-electron chi connectivity index (χ2n) is 4.30. The van der Waals surface area contributed by atoms with Gasteiger partial charge in [0, 0.05) is 17.7 Å². The highest BCUT2D eigenvalue weighted by Gasteiger charge is 2.17. The Morgan fingerprint density at radius 1 is 1.40 bits per heavy atom. The predicted molar refractivity (Wildman–Crippen MR) is 59.4 cm³/mol. The van der Waals surface area contributed by atoms with Crippen LogP contribution in [0.2, 0.25) is 0 Å². The summed E-state index contributed by atoms with van der Waals surface area (Å²) < 4.78 is 0. The van der Waals surface area contributed by atoms with Gasteiger partial charge in [0.1, 0.15) is 0 Å². The van der Waals surface area contributed by atoms with E-state index in [0.29, 0.717) is 23.6 Å². The molecule has 1 rings (SSSR count). The fourth-order valence-corrected chi connectivity index (χ4v) is 1.69. The molecular weight excluding hydrogens is 190 g/mol. The van der Waals surface area contributed by atoms with Gasteiger partial charge in [-0.3, -0.25) is 9.59 Å². The molecule has 0 aliphatic carbocycles. The first-order valence-electron chi connectivity index (χ1n) is 5.15. The second-order valence-corrected chi connectivity index (χ2v) is 4.30. The molecule has 0 bridgehead atoms. The summed E-state index contributed by atoms with van der Waals surface area (Å²) in [6.07, 6.45) is 1.31. The molecule has 0 radical (unpaired) electrons. The van der Waals surface area contributed by atoms with Gasteiger partial charge in [0.05, 0.1) is 5.69 Å². The largest absolute Gasteiger partial charge is 0.355 e. The molecule has 0 aromatic carbocycles. The van der Waals surface area contributed by atoms with Gasteiger partial charge in [-0.1, -0.05) is 13.8 Å². The number of ketones is 1. The number of aromatic amines is 1. The number of H-pyrrole nitrogens is 1. The van der Waals surface area contributed by atoms with Crippen molar-refractivity contribution in [1.82, 2.24) is 4.98 Å². The Morgan fingerprint density at radius 2 is 2.00 bits per heavy atom. The van der Waals surface area contributed by atoms with E-state index in [2.05, 4.69) is 4.98 Å². The van der Waals surface area contributed by atoms with Crippen molar-refractivity contribution in [3.63, 3.8) is 0 Å². The van der Waals surface area contributed by atoms with E-state index in [1.54, 1.807) is 6.92 Å². The maximum absolute atomic E-state index is 11.8. The molecule has 1 N–H and O–H groups in total. The summed E-state index contributed by atoms with van der Waals surface area (Å²) in [6.45, 7) is 7.62. The number of hydrogen-bond donors (Lipinski definition) is 1. The number of Topliss-reactive ketones (excluding diaryl/α,β-unsaturated/α-hetero) is 1. The molecule has 0 aliphatic heterocycles. The van der Waals surface area contributed by atoms with Gasteiger partial charge in [0.2, 0.25) is 0 Å². The molecule has 82 valence electrons. The second kappa shape index (κ2) is 4.43. The third-order valence-electron chi connectivity index (χ3n) is 2.49. The molecule has 15 heavy (non-hydrogen) atoms. The zero-order valence-electron chi connectivity index (χ0n) is 9.68. The lowest BCUT2D eigenvalue weighted by atomic mass is 10.0. The van der Waals surface area contributed by atoms with E-state index in [1.807, 2.05) is 20.8 Å². The summed E-state index contributed by atoms with van der Waals surface area (Å²) in [5.41, 5.74) is 2.74. The molecule has 0 fully saturated rings. The Morgan fingerprint density at radius 3 is 2.40 bits per heavy atom. The first-order valence-corrected chi connectivity index (χ1v) is 5.15. The molecule has 1 heterocycles. The van der Waals surface area contributed by atoms with Gasteiger partial charge < -0.3 is 4.98 Å². The summed E-state index contributed by atoms with van der Waals surface area (Å²) in [6, 6.07) is 0. The maximum Gasteiger partial charge on any atom is 0.179 e. The average molecular weight is 207 g/mol. The molecule has 0 saturated heterocycles. The van der Waals surface area contributed by atoms with Crippen molar-refractivity contribution in [3.05, 3.63) is 22.5 Å². The summed E-state index contributed by atoms with van der Waals surface area (Å²) in [4.78, 5) is 25.6. The monoisotopic (exact) mass is 207 g/mol. The van der Waals surface area contributed by atoms with E-state index in [1.165, 1.54) is 0 Å². The van der Waals surface area contributed by atoms with Crippen LogP contribution in [0.4, 0.5) is 0 Å². The fourth-order valence-electron chi connectivity index (χ4n) is 1.69. The summed E-state index contributed by atoms with van der Waals surface area (Å²) in [5, 5.41) is 0. The predicted octanol–water partition coefficient (Wildman–Crippen LogP) is 2.67. The first kappa shape index (κ1) is 11.7. The number of nitrogens with one attached hydrogen (secondary N) is 1. The summed E-state index contributed by atoms with van der Waals surface area (Å²) in [7, 11) is 0. The highest BCUT2D eigenvalue weighted by molar-refractivity contribution is 5.98. The maximum atomic E-state index is 11.8. The number of carbonyl (C=O) groups is 2. The van der Waals surface area contributed by atoms with Crippen LogP contribution in [-0.2, 0) is 0 Å². The van der Waals surface area contributed by atoms with Crippen LogP contribution >= 0.6 is 0 Å². The normalized spacial score (nSPS) is 10.7. The number of hydrogen-bond acceptors (Lipinski definition) is 2. The SMILES string of the molecule is Cc1[nH]c(C(=O)CC(C)C)c(C)c1C=O. The zero-order chi connectivity index (χ0) is 11.6. The fraction of sp³-hybridized carbons (Fsp3) is 0.500. The van der Waals surface area contributed by atoms with Crippen LogP contribution in [-0.4, -0.2) is 17.1 Å². The minimum atomic E-state index is 0.0821. The van der Waals surface area contributed by atoms with Gasteiger partial charge in [-0.15, -0.1) is 0 Å². The zero-order valence-corrected chi connectivity index (χ0v) is 9.68. The van der Waals surface area contributed by atoms with Gasteiger partial charge >= 0.3 is 0 Å². The molecule has 1 aromatic heterocycles. The van der Waals surface area contributed by atoms with Crippen LogP contribution in [0.1, 0.15) is 52.4 Å². The lowest BCUT2D eigenvalue weighted by molar-refractivity contribution is 0.0962. The average Bonchev–Trinajstić information content (AvgIpc) is 2.40. The Hall–Kier alpha value is -1.38. The van der Waals surface area contributed by atoms with Gasteiger partial charge in [0.15, 0.2) is 12.1 Å². The van der Waals surface area contributed by atoms with Crippen LogP contribution in [0.3, 0.4) is 0 Å². The smallest absolute Gasteiger partial charge is 0.179 e. The Labute approximate surface area is 89.9 Å². The van der Waals surface area contributed by atoms with E-state index >= 15 is 0 Å². The molecule has 0 aliphatic rings. The number of aldehydes is 1. The van der Waals surface area contributed by atoms with Gasteiger partial charge in [0.25, 0.3) is 0 Å². The van der Waals surface area contributed by atoms with E-state index in [-0.39, 0.29) is 5.78 Å². The molecule has 3 nitrogen and oxygen atoms in total. The van der Waals surface area contributed by atoms with Crippen molar-refractivity contribution >= 4 is 12.1 Å². The van der Waals surface area contributed by atoms with Crippen molar-refractivity contribution in [2.75, 3.05) is 0 Å².